The fraction of sp³-hybridized carbons (Fsp3) is 0.529. The summed E-state index contributed by atoms with van der Waals surface area (Å²) in [5, 5.41) is 0. The molecular formula is C17H24N4O3. The molecule has 1 aliphatic heterocycles. The lowest BCUT2D eigenvalue weighted by Crippen LogP contribution is -2.39. The van der Waals surface area contributed by atoms with Crippen LogP contribution in [-0.2, 0) is 4.74 Å². The van der Waals surface area contributed by atoms with E-state index in [1.807, 2.05) is 0 Å². The summed E-state index contributed by atoms with van der Waals surface area (Å²) in [6, 6.07) is 0. The number of nitrogens with zero attached hydrogens (tertiary/aromatic N) is 4. The molecule has 0 unspecified atom stereocenters. The van der Waals surface area contributed by atoms with E-state index in [0.717, 1.165) is 18.0 Å². The highest BCUT2D eigenvalue weighted by atomic mass is 16.6. The van der Waals surface area contributed by atoms with Crippen molar-refractivity contribution in [3.8, 4) is 0 Å². The Hall–Kier alpha value is -2.44. The van der Waals surface area contributed by atoms with Crippen molar-refractivity contribution in [3.63, 3.8) is 0 Å². The molecule has 24 heavy (non-hydrogen) atoms. The zero-order valence-corrected chi connectivity index (χ0v) is 13.9. The standard InChI is InChI=1S/C17H24N4O3/c1-17(2,3)24-16(23)21-8-6-12(7-9-21)14-18-10-13(11-19-14)15(22)20(4)5/h6,10-11H,7-9H2,1-5H3/i4D3,5D3. The summed E-state index contributed by atoms with van der Waals surface area (Å²) in [6.45, 7) is -0.224. The predicted octanol–water partition coefficient (Wildman–Crippen LogP) is 2.20. The van der Waals surface area contributed by atoms with E-state index in [2.05, 4.69) is 9.97 Å². The molecule has 0 spiro atoms. The number of aromatic nitrogens is 2. The van der Waals surface area contributed by atoms with Crippen LogP contribution in [0.1, 0.15) is 51.6 Å². The van der Waals surface area contributed by atoms with E-state index in [1.54, 1.807) is 26.8 Å². The van der Waals surface area contributed by atoms with Gasteiger partial charge in [0.15, 0.2) is 5.82 Å². The van der Waals surface area contributed by atoms with Gasteiger partial charge in [-0.15, -0.1) is 0 Å². The molecule has 0 aliphatic carbocycles. The third-order valence-electron chi connectivity index (χ3n) is 3.25. The van der Waals surface area contributed by atoms with E-state index >= 15 is 0 Å². The van der Waals surface area contributed by atoms with Crippen LogP contribution in [0, 0.1) is 0 Å². The second kappa shape index (κ2) is 6.98. The summed E-state index contributed by atoms with van der Waals surface area (Å²) >= 11 is 0. The average Bonchev–Trinajstić information content (AvgIpc) is 2.58. The van der Waals surface area contributed by atoms with E-state index in [0.29, 0.717) is 25.3 Å². The maximum absolute atomic E-state index is 12.4. The van der Waals surface area contributed by atoms with Crippen molar-refractivity contribution in [2.75, 3.05) is 27.0 Å². The van der Waals surface area contributed by atoms with Gasteiger partial charge in [0.2, 0.25) is 0 Å². The van der Waals surface area contributed by atoms with Gasteiger partial charge < -0.3 is 14.5 Å². The first kappa shape index (κ1) is 11.2. The van der Waals surface area contributed by atoms with E-state index in [1.165, 1.54) is 4.90 Å². The molecule has 2 heterocycles. The van der Waals surface area contributed by atoms with Gasteiger partial charge in [-0.2, -0.15) is 0 Å². The molecule has 0 N–H and O–H groups in total. The fourth-order valence-corrected chi connectivity index (χ4v) is 2.10. The molecule has 130 valence electrons. The summed E-state index contributed by atoms with van der Waals surface area (Å²) < 4.78 is 49.3. The molecule has 0 fully saturated rings. The molecule has 7 nitrogen and oxygen atoms in total. The Kier molecular flexibility index (Phi) is 3.25. The third kappa shape index (κ3) is 4.53. The summed E-state index contributed by atoms with van der Waals surface area (Å²) in [5.41, 5.74) is -0.0979. The highest BCUT2D eigenvalue weighted by Crippen LogP contribution is 2.21. The Morgan fingerprint density at radius 3 is 2.46 bits per heavy atom. The van der Waals surface area contributed by atoms with E-state index in [9.17, 15) is 9.59 Å². The summed E-state index contributed by atoms with van der Waals surface area (Å²) in [5.74, 6) is -0.903. The van der Waals surface area contributed by atoms with Gasteiger partial charge in [-0.25, -0.2) is 14.8 Å². The maximum atomic E-state index is 12.4. The highest BCUT2D eigenvalue weighted by molar-refractivity contribution is 5.93. The molecule has 0 saturated carbocycles. The van der Waals surface area contributed by atoms with Gasteiger partial charge >= 0.3 is 6.09 Å². The summed E-state index contributed by atoms with van der Waals surface area (Å²) in [6.07, 6.45) is 3.99. The SMILES string of the molecule is [2H]C([2H])([2H])N(C(=O)c1cnc(C2=CCN(C(=O)OC(C)(C)C)CC2)nc1)C([2H])([2H])[2H]. The second-order valence-corrected chi connectivity index (χ2v) is 6.34. The molecule has 7 heteroatoms. The molecule has 2 rings (SSSR count). The van der Waals surface area contributed by atoms with Gasteiger partial charge in [-0.3, -0.25) is 4.79 Å². The van der Waals surface area contributed by atoms with Gasteiger partial charge in [-0.1, -0.05) is 6.08 Å². The second-order valence-electron chi connectivity index (χ2n) is 6.34. The van der Waals surface area contributed by atoms with Gasteiger partial charge in [0.25, 0.3) is 5.91 Å². The first-order valence-corrected chi connectivity index (χ1v) is 7.43. The van der Waals surface area contributed by atoms with Crippen LogP contribution in [0.2, 0.25) is 0 Å². The summed E-state index contributed by atoms with van der Waals surface area (Å²) in [4.78, 5) is 34.1. The van der Waals surface area contributed by atoms with Crippen LogP contribution in [0.3, 0.4) is 0 Å². The van der Waals surface area contributed by atoms with E-state index < -0.39 is 31.6 Å². The zero-order valence-electron chi connectivity index (χ0n) is 19.9. The minimum atomic E-state index is -3.14. The van der Waals surface area contributed by atoms with Crippen molar-refractivity contribution in [1.82, 2.24) is 19.8 Å². The monoisotopic (exact) mass is 338 g/mol. The van der Waals surface area contributed by atoms with Gasteiger partial charge in [0.05, 0.1) is 5.56 Å². The van der Waals surface area contributed by atoms with Crippen LogP contribution in [0.5, 0.6) is 0 Å². The molecular weight excluding hydrogens is 308 g/mol. The number of carbonyl (C=O) groups excluding carboxylic acids is 2. The first-order valence-electron chi connectivity index (χ1n) is 10.4. The summed E-state index contributed by atoms with van der Waals surface area (Å²) in [7, 11) is 0. The van der Waals surface area contributed by atoms with Crippen LogP contribution in [0.4, 0.5) is 4.79 Å². The first-order chi connectivity index (χ1) is 13.6. The van der Waals surface area contributed by atoms with Crippen LogP contribution in [-0.4, -0.2) is 64.4 Å². The van der Waals surface area contributed by atoms with Crippen molar-refractivity contribution >= 4 is 17.6 Å². The molecule has 1 aliphatic rings. The zero-order chi connectivity index (χ0) is 22.9. The molecule has 1 aromatic rings. The Bertz CT molecular complexity index is 814. The molecule has 2 amide bonds. The molecule has 0 radical (unpaired) electrons. The number of amides is 2. The maximum Gasteiger partial charge on any atom is 0.410 e. The molecule has 0 saturated heterocycles. The minimum Gasteiger partial charge on any atom is -0.444 e. The van der Waals surface area contributed by atoms with Crippen molar-refractivity contribution in [2.24, 2.45) is 0 Å². The Balaban J connectivity index is 2.13. The van der Waals surface area contributed by atoms with Crippen molar-refractivity contribution in [1.29, 1.82) is 0 Å². The smallest absolute Gasteiger partial charge is 0.410 e. The molecule has 0 aromatic carbocycles. The van der Waals surface area contributed by atoms with E-state index in [-0.39, 0.29) is 10.5 Å². The lowest BCUT2D eigenvalue weighted by Gasteiger charge is -2.29. The predicted molar refractivity (Wildman–Crippen MR) is 90.5 cm³/mol. The molecule has 0 atom stereocenters. The highest BCUT2D eigenvalue weighted by Gasteiger charge is 2.24. The lowest BCUT2D eigenvalue weighted by atomic mass is 10.1. The number of carbonyl (C=O) groups is 2. The van der Waals surface area contributed by atoms with Crippen LogP contribution in [0.25, 0.3) is 5.57 Å². The van der Waals surface area contributed by atoms with Gasteiger partial charge in [-0.05, 0) is 32.8 Å². The Morgan fingerprint density at radius 1 is 1.29 bits per heavy atom. The van der Waals surface area contributed by atoms with E-state index in [4.69, 9.17) is 13.0 Å². The van der Waals surface area contributed by atoms with Crippen molar-refractivity contribution in [3.05, 3.63) is 29.9 Å². The van der Waals surface area contributed by atoms with Gasteiger partial charge in [0.1, 0.15) is 5.60 Å². The topological polar surface area (TPSA) is 75.6 Å². The quantitative estimate of drug-likeness (QED) is 0.826. The van der Waals surface area contributed by atoms with Crippen molar-refractivity contribution < 1.29 is 22.6 Å². The van der Waals surface area contributed by atoms with Crippen molar-refractivity contribution in [2.45, 2.75) is 32.8 Å². The number of hydrogen-bond donors (Lipinski definition) is 0. The average molecular weight is 338 g/mol. The Morgan fingerprint density at radius 2 is 1.96 bits per heavy atom. The van der Waals surface area contributed by atoms with Crippen LogP contribution < -0.4 is 0 Å². The van der Waals surface area contributed by atoms with Crippen LogP contribution >= 0.6 is 0 Å². The van der Waals surface area contributed by atoms with Gasteiger partial charge in [0, 0.05) is 47.7 Å². The molecule has 1 aromatic heterocycles. The Labute approximate surface area is 150 Å². The fourth-order valence-electron chi connectivity index (χ4n) is 2.10. The number of hydrogen-bond acceptors (Lipinski definition) is 5. The number of rotatable bonds is 2. The normalized spacial score (nSPS) is 19.6. The lowest BCUT2D eigenvalue weighted by molar-refractivity contribution is 0.0270. The third-order valence-corrected chi connectivity index (χ3v) is 3.25. The minimum absolute atomic E-state index is 0.142. The van der Waals surface area contributed by atoms with Crippen LogP contribution in [0.15, 0.2) is 18.5 Å². The molecule has 0 bridgehead atoms. The number of ether oxygens (including phenoxy) is 1. The largest absolute Gasteiger partial charge is 0.444 e.